The number of hydrogen-bond acceptors (Lipinski definition) is 4. The summed E-state index contributed by atoms with van der Waals surface area (Å²) < 4.78 is 11.2. The van der Waals surface area contributed by atoms with Gasteiger partial charge < -0.3 is 20.1 Å². The van der Waals surface area contributed by atoms with Gasteiger partial charge in [-0.15, -0.1) is 0 Å². The zero-order valence-electron chi connectivity index (χ0n) is 18.9. The zero-order chi connectivity index (χ0) is 21.0. The number of nitrogens with one attached hydrogen (secondary N) is 2. The molecule has 1 unspecified atom stereocenters. The molecule has 0 aliphatic carbocycles. The van der Waals surface area contributed by atoms with E-state index < -0.39 is 0 Å². The van der Waals surface area contributed by atoms with Crippen LogP contribution in [0.3, 0.4) is 0 Å². The molecule has 168 valence electrons. The molecule has 2 aliphatic heterocycles. The molecule has 2 heterocycles. The van der Waals surface area contributed by atoms with Crippen LogP contribution in [0.15, 0.2) is 29.3 Å². The highest BCUT2D eigenvalue weighted by Gasteiger charge is 2.22. The Balaban J connectivity index is 1.31. The molecule has 6 nitrogen and oxygen atoms in total. The highest BCUT2D eigenvalue weighted by molar-refractivity contribution is 5.79. The van der Waals surface area contributed by atoms with Crippen molar-refractivity contribution in [3.63, 3.8) is 0 Å². The van der Waals surface area contributed by atoms with Gasteiger partial charge in [0.15, 0.2) is 5.96 Å². The third kappa shape index (κ3) is 7.25. The van der Waals surface area contributed by atoms with E-state index >= 15 is 0 Å². The maximum Gasteiger partial charge on any atom is 0.191 e. The molecule has 1 aromatic carbocycles. The summed E-state index contributed by atoms with van der Waals surface area (Å²) in [6.45, 7) is 9.69. The molecule has 0 radical (unpaired) electrons. The van der Waals surface area contributed by atoms with Gasteiger partial charge in [-0.2, -0.15) is 0 Å². The van der Waals surface area contributed by atoms with Crippen LogP contribution in [0.1, 0.15) is 43.7 Å². The number of nitrogens with zero attached hydrogens (tertiary/aromatic N) is 2. The molecule has 3 rings (SSSR count). The van der Waals surface area contributed by atoms with Gasteiger partial charge in [0.05, 0.1) is 0 Å². The summed E-state index contributed by atoms with van der Waals surface area (Å²) in [5.74, 6) is 1.56. The minimum Gasteiger partial charge on any atom is -0.381 e. The van der Waals surface area contributed by atoms with Crippen molar-refractivity contribution in [2.45, 2.75) is 51.6 Å². The van der Waals surface area contributed by atoms with Crippen LogP contribution in [0.25, 0.3) is 0 Å². The van der Waals surface area contributed by atoms with Gasteiger partial charge in [-0.1, -0.05) is 31.2 Å². The second kappa shape index (κ2) is 12.9. The highest BCUT2D eigenvalue weighted by Crippen LogP contribution is 2.21. The molecule has 0 saturated carbocycles. The molecular formula is C24H40N4O2. The van der Waals surface area contributed by atoms with Crippen LogP contribution >= 0.6 is 0 Å². The van der Waals surface area contributed by atoms with Crippen molar-refractivity contribution in [1.82, 2.24) is 15.5 Å². The van der Waals surface area contributed by atoms with Crippen molar-refractivity contribution < 1.29 is 9.47 Å². The predicted molar refractivity (Wildman–Crippen MR) is 123 cm³/mol. The molecule has 0 aromatic heterocycles. The zero-order valence-corrected chi connectivity index (χ0v) is 18.9. The Labute approximate surface area is 182 Å². The Morgan fingerprint density at radius 3 is 2.80 bits per heavy atom. The summed E-state index contributed by atoms with van der Waals surface area (Å²) in [5.41, 5.74) is 2.98. The maximum absolute atomic E-state index is 5.85. The number of benzene rings is 1. The van der Waals surface area contributed by atoms with Crippen LogP contribution in [-0.2, 0) is 22.4 Å². The summed E-state index contributed by atoms with van der Waals surface area (Å²) in [6, 6.07) is 9.36. The second-order valence-corrected chi connectivity index (χ2v) is 8.42. The van der Waals surface area contributed by atoms with E-state index in [1.165, 1.54) is 11.1 Å². The minimum absolute atomic E-state index is 0.514. The Morgan fingerprint density at radius 1 is 1.23 bits per heavy atom. The van der Waals surface area contributed by atoms with Crippen LogP contribution in [0.4, 0.5) is 0 Å². The van der Waals surface area contributed by atoms with Gasteiger partial charge in [0, 0.05) is 65.7 Å². The number of fused-ring (bicyclic) bond motifs is 1. The first-order valence-electron chi connectivity index (χ1n) is 11.7. The summed E-state index contributed by atoms with van der Waals surface area (Å²) in [4.78, 5) is 6.99. The number of ether oxygens (including phenoxy) is 2. The van der Waals surface area contributed by atoms with Crippen molar-refractivity contribution in [2.75, 3.05) is 53.1 Å². The van der Waals surface area contributed by atoms with Gasteiger partial charge in [-0.25, -0.2) is 0 Å². The smallest absolute Gasteiger partial charge is 0.191 e. The third-order valence-electron chi connectivity index (χ3n) is 6.33. The number of aliphatic imine (C=N–C) groups is 1. The van der Waals surface area contributed by atoms with Crippen LogP contribution in [0, 0.1) is 5.92 Å². The molecule has 0 spiro atoms. The van der Waals surface area contributed by atoms with E-state index in [4.69, 9.17) is 9.47 Å². The Morgan fingerprint density at radius 2 is 2.03 bits per heavy atom. The number of guanidine groups is 1. The van der Waals surface area contributed by atoms with E-state index in [9.17, 15) is 0 Å². The van der Waals surface area contributed by atoms with Crippen molar-refractivity contribution in [3.05, 3.63) is 35.4 Å². The van der Waals surface area contributed by atoms with Crippen LogP contribution in [0.5, 0.6) is 0 Å². The average Bonchev–Trinajstić information content (AvgIpc) is 2.80. The van der Waals surface area contributed by atoms with Crippen molar-refractivity contribution >= 4 is 5.96 Å². The van der Waals surface area contributed by atoms with Gasteiger partial charge in [0.1, 0.15) is 0 Å². The fraction of sp³-hybridized carbons (Fsp3) is 0.708. The normalized spacial score (nSPS) is 19.3. The molecule has 1 saturated heterocycles. The van der Waals surface area contributed by atoms with Crippen LogP contribution in [-0.4, -0.2) is 70.0 Å². The van der Waals surface area contributed by atoms with Crippen LogP contribution < -0.4 is 10.6 Å². The van der Waals surface area contributed by atoms with Gasteiger partial charge in [0.2, 0.25) is 0 Å². The monoisotopic (exact) mass is 416 g/mol. The van der Waals surface area contributed by atoms with Crippen molar-refractivity contribution in [1.29, 1.82) is 0 Å². The fourth-order valence-electron chi connectivity index (χ4n) is 4.34. The Bertz CT molecular complexity index is 646. The lowest BCUT2D eigenvalue weighted by Gasteiger charge is -2.35. The van der Waals surface area contributed by atoms with Gasteiger partial charge in [-0.3, -0.25) is 9.89 Å². The lowest BCUT2D eigenvalue weighted by Crippen LogP contribution is -2.48. The van der Waals surface area contributed by atoms with Gasteiger partial charge in [-0.05, 0) is 49.1 Å². The molecule has 1 fully saturated rings. The second-order valence-electron chi connectivity index (χ2n) is 8.42. The number of hydrogen-bond donors (Lipinski definition) is 2. The maximum atomic E-state index is 5.85. The van der Waals surface area contributed by atoms with Crippen LogP contribution in [0.2, 0.25) is 0 Å². The molecule has 2 N–H and O–H groups in total. The molecule has 0 bridgehead atoms. The van der Waals surface area contributed by atoms with E-state index in [2.05, 4.69) is 51.7 Å². The first kappa shape index (κ1) is 23.0. The first-order valence-corrected chi connectivity index (χ1v) is 11.7. The minimum atomic E-state index is 0.514. The highest BCUT2D eigenvalue weighted by atomic mass is 16.5. The lowest BCUT2D eigenvalue weighted by atomic mass is 9.98. The molecule has 6 heteroatoms. The summed E-state index contributed by atoms with van der Waals surface area (Å²) in [6.07, 6.45) is 5.54. The standard InChI is InChI=1S/C24H40N4O2/c1-3-23(28-13-9-21-7-4-5-8-22(21)18-28)17-27-24(25-2)26-12-6-14-30-19-20-10-15-29-16-11-20/h4-5,7-8,20,23H,3,6,9-19H2,1-2H3,(H2,25,26,27). The molecule has 1 atom stereocenters. The van der Waals surface area contributed by atoms with Gasteiger partial charge >= 0.3 is 0 Å². The molecule has 1 aromatic rings. The Kier molecular flexibility index (Phi) is 9.93. The molecule has 30 heavy (non-hydrogen) atoms. The topological polar surface area (TPSA) is 58.1 Å². The first-order chi connectivity index (χ1) is 14.8. The van der Waals surface area contributed by atoms with E-state index in [0.717, 1.165) is 90.7 Å². The van der Waals surface area contributed by atoms with E-state index in [1.807, 2.05) is 7.05 Å². The van der Waals surface area contributed by atoms with Crippen molar-refractivity contribution in [2.24, 2.45) is 10.9 Å². The van der Waals surface area contributed by atoms with Gasteiger partial charge in [0.25, 0.3) is 0 Å². The summed E-state index contributed by atoms with van der Waals surface area (Å²) in [5, 5.41) is 6.95. The van der Waals surface area contributed by atoms with E-state index in [1.54, 1.807) is 0 Å². The van der Waals surface area contributed by atoms with E-state index in [0.29, 0.717) is 12.0 Å². The SMILES string of the molecule is CCC(CNC(=NC)NCCCOCC1CCOCC1)N1CCc2ccccc2C1. The predicted octanol–water partition coefficient (Wildman–Crippen LogP) is 2.82. The lowest BCUT2D eigenvalue weighted by molar-refractivity contribution is 0.0203. The largest absolute Gasteiger partial charge is 0.381 e. The summed E-state index contributed by atoms with van der Waals surface area (Å²) >= 11 is 0. The quantitative estimate of drug-likeness (QED) is 0.349. The fourth-order valence-corrected chi connectivity index (χ4v) is 4.34. The molecule has 2 aliphatic rings. The average molecular weight is 417 g/mol. The Hall–Kier alpha value is -1.63. The third-order valence-corrected chi connectivity index (χ3v) is 6.33. The molecule has 0 amide bonds. The summed E-state index contributed by atoms with van der Waals surface area (Å²) in [7, 11) is 1.84. The van der Waals surface area contributed by atoms with Crippen molar-refractivity contribution in [3.8, 4) is 0 Å². The number of rotatable bonds is 10. The molecular weight excluding hydrogens is 376 g/mol. The van der Waals surface area contributed by atoms with E-state index in [-0.39, 0.29) is 0 Å².